The van der Waals surface area contributed by atoms with Gasteiger partial charge in [0.05, 0.1) is 16.3 Å². The van der Waals surface area contributed by atoms with E-state index in [0.29, 0.717) is 16.0 Å². The third-order valence-electron chi connectivity index (χ3n) is 3.03. The maximum atomic E-state index is 11.0. The molecule has 2 aromatic heterocycles. The van der Waals surface area contributed by atoms with Crippen molar-refractivity contribution < 1.29 is 15.0 Å². The second-order valence-electron chi connectivity index (χ2n) is 4.67. The maximum Gasteiger partial charge on any atom is 0.339 e. The lowest BCUT2D eigenvalue weighted by molar-refractivity contribution is 0.0694. The number of aromatic hydroxyl groups is 1. The van der Waals surface area contributed by atoms with Crippen LogP contribution in [-0.4, -0.2) is 26.2 Å². The number of carboxylic acids is 1. The van der Waals surface area contributed by atoms with Crippen molar-refractivity contribution in [3.05, 3.63) is 34.8 Å². The summed E-state index contributed by atoms with van der Waals surface area (Å²) in [6.45, 7) is 1.87. The number of thiazole rings is 2. The van der Waals surface area contributed by atoms with Crippen molar-refractivity contribution >= 4 is 44.6 Å². The van der Waals surface area contributed by atoms with Gasteiger partial charge < -0.3 is 21.3 Å². The quantitative estimate of drug-likeness (QED) is 0.534. The van der Waals surface area contributed by atoms with E-state index in [0.717, 1.165) is 16.3 Å². The zero-order chi connectivity index (χ0) is 16.6. The third kappa shape index (κ3) is 3.10. The van der Waals surface area contributed by atoms with Crippen molar-refractivity contribution in [2.75, 3.05) is 11.1 Å². The predicted octanol–water partition coefficient (Wildman–Crippen LogP) is 3.30. The first-order valence-electron chi connectivity index (χ1n) is 6.46. The number of phenols is 1. The second kappa shape index (κ2) is 5.86. The highest BCUT2D eigenvalue weighted by Gasteiger charge is 2.13. The Bertz CT molecular complexity index is 888. The van der Waals surface area contributed by atoms with Gasteiger partial charge >= 0.3 is 5.97 Å². The van der Waals surface area contributed by atoms with Crippen LogP contribution in [0, 0.1) is 6.92 Å². The number of carbonyl (C=O) groups is 1. The number of nitrogen functional groups attached to an aromatic ring is 1. The first-order chi connectivity index (χ1) is 10.9. The fourth-order valence-corrected chi connectivity index (χ4v) is 3.59. The van der Waals surface area contributed by atoms with E-state index in [9.17, 15) is 9.90 Å². The lowest BCUT2D eigenvalue weighted by atomic mass is 10.2. The van der Waals surface area contributed by atoms with Crippen LogP contribution in [0.2, 0.25) is 0 Å². The summed E-state index contributed by atoms with van der Waals surface area (Å²) in [7, 11) is 0. The molecule has 0 saturated carbocycles. The average molecular weight is 348 g/mol. The van der Waals surface area contributed by atoms with Gasteiger partial charge in [0, 0.05) is 11.1 Å². The summed E-state index contributed by atoms with van der Waals surface area (Å²) in [6, 6.07) is 4.27. The predicted molar refractivity (Wildman–Crippen MR) is 90.7 cm³/mol. The van der Waals surface area contributed by atoms with E-state index >= 15 is 0 Å². The molecule has 1 aromatic carbocycles. The summed E-state index contributed by atoms with van der Waals surface area (Å²) in [5.74, 6) is -1.47. The first kappa shape index (κ1) is 15.3. The van der Waals surface area contributed by atoms with Crippen molar-refractivity contribution in [3.8, 4) is 16.3 Å². The Morgan fingerprint density at radius 3 is 2.78 bits per heavy atom. The van der Waals surface area contributed by atoms with Gasteiger partial charge in [0.25, 0.3) is 0 Å². The molecule has 0 aliphatic carbocycles. The molecular formula is C14H12N4O3S2. The second-order valence-corrected chi connectivity index (χ2v) is 6.56. The van der Waals surface area contributed by atoms with Crippen molar-refractivity contribution in [2.45, 2.75) is 6.92 Å². The minimum atomic E-state index is -1.19. The SMILES string of the molecule is Cc1nc(N)sc1-c1csc(Nc2ccc(O)c(C(=O)O)c2)n1. The van der Waals surface area contributed by atoms with E-state index in [1.807, 2.05) is 12.3 Å². The molecule has 5 N–H and O–H groups in total. The number of nitrogens with one attached hydrogen (secondary N) is 1. The topological polar surface area (TPSA) is 121 Å². The van der Waals surface area contributed by atoms with Crippen LogP contribution in [0.5, 0.6) is 5.75 Å². The number of rotatable bonds is 4. The molecule has 0 atom stereocenters. The van der Waals surface area contributed by atoms with Gasteiger partial charge in [-0.25, -0.2) is 14.8 Å². The molecule has 0 bridgehead atoms. The Morgan fingerprint density at radius 1 is 1.35 bits per heavy atom. The highest BCUT2D eigenvalue weighted by atomic mass is 32.1. The summed E-state index contributed by atoms with van der Waals surface area (Å²) < 4.78 is 0. The molecular weight excluding hydrogens is 336 g/mol. The zero-order valence-electron chi connectivity index (χ0n) is 11.9. The number of hydrogen-bond acceptors (Lipinski definition) is 8. The Kier molecular flexibility index (Phi) is 3.89. The first-order valence-corrected chi connectivity index (χ1v) is 8.16. The average Bonchev–Trinajstić information content (AvgIpc) is 3.07. The number of aromatic nitrogens is 2. The number of hydrogen-bond donors (Lipinski definition) is 4. The molecule has 0 unspecified atom stereocenters. The molecule has 0 fully saturated rings. The van der Waals surface area contributed by atoms with E-state index in [4.69, 9.17) is 10.8 Å². The minimum Gasteiger partial charge on any atom is -0.507 e. The molecule has 23 heavy (non-hydrogen) atoms. The Labute approximate surface area is 139 Å². The number of carboxylic acid groups (broad SMARTS) is 1. The van der Waals surface area contributed by atoms with Crippen LogP contribution < -0.4 is 11.1 Å². The number of nitrogens with zero attached hydrogens (tertiary/aromatic N) is 2. The van der Waals surface area contributed by atoms with Crippen LogP contribution >= 0.6 is 22.7 Å². The number of nitrogens with two attached hydrogens (primary N) is 1. The van der Waals surface area contributed by atoms with Crippen LogP contribution in [0.4, 0.5) is 16.0 Å². The Morgan fingerprint density at radius 2 is 2.13 bits per heavy atom. The number of anilines is 3. The van der Waals surface area contributed by atoms with E-state index in [1.165, 1.54) is 34.8 Å². The van der Waals surface area contributed by atoms with Gasteiger partial charge in [-0.15, -0.1) is 11.3 Å². The Balaban J connectivity index is 1.86. The van der Waals surface area contributed by atoms with Crippen LogP contribution in [0.15, 0.2) is 23.6 Å². The smallest absolute Gasteiger partial charge is 0.339 e. The van der Waals surface area contributed by atoms with E-state index in [1.54, 1.807) is 6.07 Å². The van der Waals surface area contributed by atoms with Gasteiger partial charge in [0.1, 0.15) is 11.3 Å². The summed E-state index contributed by atoms with van der Waals surface area (Å²) in [6.07, 6.45) is 0. The lowest BCUT2D eigenvalue weighted by Crippen LogP contribution is -1.98. The van der Waals surface area contributed by atoms with Crippen molar-refractivity contribution in [1.82, 2.24) is 9.97 Å². The lowest BCUT2D eigenvalue weighted by Gasteiger charge is -2.05. The van der Waals surface area contributed by atoms with Gasteiger partial charge in [-0.3, -0.25) is 0 Å². The molecule has 0 saturated heterocycles. The van der Waals surface area contributed by atoms with Crippen molar-refractivity contribution in [3.63, 3.8) is 0 Å². The monoisotopic (exact) mass is 348 g/mol. The van der Waals surface area contributed by atoms with Crippen molar-refractivity contribution in [2.24, 2.45) is 0 Å². The molecule has 0 amide bonds. The van der Waals surface area contributed by atoms with E-state index < -0.39 is 5.97 Å². The number of aromatic carboxylic acids is 1. The highest BCUT2D eigenvalue weighted by Crippen LogP contribution is 2.34. The van der Waals surface area contributed by atoms with Crippen LogP contribution in [-0.2, 0) is 0 Å². The standard InChI is InChI=1S/C14H12N4O3S2/c1-6-11(23-13(15)16-6)9-5-22-14(18-9)17-7-2-3-10(19)8(4-7)12(20)21/h2-5,19H,1H3,(H2,15,16)(H,17,18)(H,20,21). The van der Waals surface area contributed by atoms with Crippen molar-refractivity contribution in [1.29, 1.82) is 0 Å². The van der Waals surface area contributed by atoms with E-state index in [-0.39, 0.29) is 11.3 Å². The molecule has 2 heterocycles. The fourth-order valence-electron chi connectivity index (χ4n) is 2.00. The fraction of sp³-hybridized carbons (Fsp3) is 0.0714. The largest absolute Gasteiger partial charge is 0.507 e. The summed E-state index contributed by atoms with van der Waals surface area (Å²) in [4.78, 5) is 20.6. The molecule has 7 nitrogen and oxygen atoms in total. The molecule has 0 aliphatic rings. The summed E-state index contributed by atoms with van der Waals surface area (Å²) in [5, 5.41) is 24.5. The summed E-state index contributed by atoms with van der Waals surface area (Å²) >= 11 is 2.75. The molecule has 3 rings (SSSR count). The van der Waals surface area contributed by atoms with Gasteiger partial charge in [0.15, 0.2) is 10.3 Å². The van der Waals surface area contributed by atoms with Crippen LogP contribution in [0.3, 0.4) is 0 Å². The van der Waals surface area contributed by atoms with Gasteiger partial charge in [-0.05, 0) is 25.1 Å². The molecule has 0 radical (unpaired) electrons. The maximum absolute atomic E-state index is 11.0. The zero-order valence-corrected chi connectivity index (χ0v) is 13.5. The van der Waals surface area contributed by atoms with Gasteiger partial charge in [-0.2, -0.15) is 0 Å². The molecule has 3 aromatic rings. The normalized spacial score (nSPS) is 10.7. The molecule has 0 spiro atoms. The number of benzene rings is 1. The van der Waals surface area contributed by atoms with Gasteiger partial charge in [0.2, 0.25) is 0 Å². The third-order valence-corrected chi connectivity index (χ3v) is 4.80. The molecule has 118 valence electrons. The molecule has 0 aliphatic heterocycles. The van der Waals surface area contributed by atoms with Crippen LogP contribution in [0.1, 0.15) is 16.1 Å². The van der Waals surface area contributed by atoms with Gasteiger partial charge in [-0.1, -0.05) is 11.3 Å². The summed E-state index contributed by atoms with van der Waals surface area (Å²) in [5.41, 5.74) is 7.64. The number of aryl methyl sites for hydroxylation is 1. The Hall–Kier alpha value is -2.65. The highest BCUT2D eigenvalue weighted by molar-refractivity contribution is 7.19. The molecule has 9 heteroatoms. The van der Waals surface area contributed by atoms with E-state index in [2.05, 4.69) is 15.3 Å². The van der Waals surface area contributed by atoms with Crippen LogP contribution in [0.25, 0.3) is 10.6 Å². The minimum absolute atomic E-state index is 0.169.